The summed E-state index contributed by atoms with van der Waals surface area (Å²) in [5.74, 6) is 0.757. The van der Waals surface area contributed by atoms with E-state index in [1.807, 2.05) is 20.8 Å². The van der Waals surface area contributed by atoms with Crippen LogP contribution in [0.1, 0.15) is 52.9 Å². The van der Waals surface area contributed by atoms with E-state index in [1.165, 1.54) is 0 Å². The van der Waals surface area contributed by atoms with Crippen molar-refractivity contribution in [3.63, 3.8) is 0 Å². The maximum absolute atomic E-state index is 11.1. The summed E-state index contributed by atoms with van der Waals surface area (Å²) in [6.07, 6.45) is 4.43. The van der Waals surface area contributed by atoms with E-state index in [-0.39, 0.29) is 0 Å². The Morgan fingerprint density at radius 1 is 0.867 bits per heavy atom. The molecule has 0 aromatic carbocycles. The van der Waals surface area contributed by atoms with Gasteiger partial charge >= 0.3 is 0 Å². The second-order valence-corrected chi connectivity index (χ2v) is 5.89. The first-order valence-corrected chi connectivity index (χ1v) is 7.67. The highest BCUT2D eigenvalue weighted by Crippen LogP contribution is 2.00. The first kappa shape index (κ1) is 17.3. The van der Waals surface area contributed by atoms with Gasteiger partial charge < -0.3 is 5.11 Å². The molecule has 0 fully saturated rings. The minimum absolute atomic E-state index is 0.319. The van der Waals surface area contributed by atoms with Crippen molar-refractivity contribution in [3.8, 4) is 0 Å². The molecule has 0 atom stereocenters. The van der Waals surface area contributed by atoms with Crippen molar-refractivity contribution in [2.24, 2.45) is 0 Å². The van der Waals surface area contributed by atoms with Gasteiger partial charge in [0, 0.05) is 6.61 Å². The molecule has 0 spiro atoms. The van der Waals surface area contributed by atoms with Gasteiger partial charge in [-0.3, -0.25) is 0 Å². The van der Waals surface area contributed by atoms with Crippen LogP contribution in [0.15, 0.2) is 0 Å². The number of aliphatic hydroxyl groups is 1. The first-order valence-electron chi connectivity index (χ1n) is 5.85. The van der Waals surface area contributed by atoms with Crippen LogP contribution in [-0.2, 0) is 9.84 Å². The molecule has 0 amide bonds. The van der Waals surface area contributed by atoms with Crippen molar-refractivity contribution in [2.75, 3.05) is 18.1 Å². The van der Waals surface area contributed by atoms with Crippen molar-refractivity contribution < 1.29 is 13.5 Å². The highest BCUT2D eigenvalue weighted by Gasteiger charge is 2.07. The van der Waals surface area contributed by atoms with E-state index in [0.717, 1.165) is 32.1 Å². The second-order valence-electron chi connectivity index (χ2n) is 3.58. The van der Waals surface area contributed by atoms with Crippen LogP contribution in [0.4, 0.5) is 0 Å². The lowest BCUT2D eigenvalue weighted by Gasteiger charge is -2.00. The van der Waals surface area contributed by atoms with Crippen molar-refractivity contribution in [1.82, 2.24) is 0 Å². The van der Waals surface area contributed by atoms with Gasteiger partial charge in [-0.1, -0.05) is 33.6 Å². The Morgan fingerprint density at radius 3 is 1.40 bits per heavy atom. The first-order chi connectivity index (χ1) is 7.04. The van der Waals surface area contributed by atoms with Crippen LogP contribution in [0.3, 0.4) is 0 Å². The molecule has 0 saturated heterocycles. The van der Waals surface area contributed by atoms with E-state index in [0.29, 0.717) is 18.1 Å². The fraction of sp³-hybridized carbons (Fsp3) is 1.00. The fourth-order valence-electron chi connectivity index (χ4n) is 0.831. The van der Waals surface area contributed by atoms with Crippen molar-refractivity contribution >= 4 is 9.84 Å². The molecule has 0 aliphatic carbocycles. The topological polar surface area (TPSA) is 54.4 Å². The molecule has 0 bridgehead atoms. The maximum atomic E-state index is 11.1. The normalized spacial score (nSPS) is 10.7. The fourth-order valence-corrected chi connectivity index (χ4v) is 2.49. The molecule has 0 aromatic heterocycles. The van der Waals surface area contributed by atoms with E-state index in [2.05, 4.69) is 0 Å². The number of hydrogen-bond donors (Lipinski definition) is 1. The van der Waals surface area contributed by atoms with Crippen LogP contribution in [0, 0.1) is 0 Å². The van der Waals surface area contributed by atoms with Gasteiger partial charge in [-0.15, -0.1) is 0 Å². The smallest absolute Gasteiger partial charge is 0.150 e. The van der Waals surface area contributed by atoms with E-state index in [9.17, 15) is 8.42 Å². The van der Waals surface area contributed by atoms with Gasteiger partial charge in [0.15, 0.2) is 0 Å². The Balaban J connectivity index is 0. The molecular weight excluding hydrogens is 212 g/mol. The molecule has 1 N–H and O–H groups in total. The van der Waals surface area contributed by atoms with Crippen LogP contribution >= 0.6 is 0 Å². The van der Waals surface area contributed by atoms with Gasteiger partial charge in [0.05, 0.1) is 11.5 Å². The molecule has 0 aliphatic rings. The lowest BCUT2D eigenvalue weighted by molar-refractivity contribution is 0.295. The third-order valence-corrected chi connectivity index (χ3v) is 3.66. The van der Waals surface area contributed by atoms with Crippen LogP contribution in [0.25, 0.3) is 0 Å². The number of hydrogen-bond acceptors (Lipinski definition) is 3. The molecule has 0 saturated carbocycles. The summed E-state index contributed by atoms with van der Waals surface area (Å²) in [5.41, 5.74) is 0. The highest BCUT2D eigenvalue weighted by atomic mass is 32.2. The molecule has 4 heteroatoms. The third-order valence-electron chi connectivity index (χ3n) is 1.84. The van der Waals surface area contributed by atoms with E-state index in [1.54, 1.807) is 0 Å². The highest BCUT2D eigenvalue weighted by molar-refractivity contribution is 7.91. The zero-order chi connectivity index (χ0) is 12.2. The molecule has 0 heterocycles. The van der Waals surface area contributed by atoms with E-state index in [4.69, 9.17) is 5.11 Å². The van der Waals surface area contributed by atoms with Gasteiger partial charge in [-0.25, -0.2) is 8.42 Å². The summed E-state index contributed by atoms with van der Waals surface area (Å²) in [5, 5.41) is 7.88. The predicted octanol–water partition coefficient (Wildman–Crippen LogP) is 2.39. The van der Waals surface area contributed by atoms with E-state index < -0.39 is 9.84 Å². The van der Waals surface area contributed by atoms with Crippen LogP contribution in [0.2, 0.25) is 0 Å². The average molecular weight is 238 g/mol. The second kappa shape index (κ2) is 12.0. The molecule has 0 aliphatic heterocycles. The molecular formula is C11H26O3S. The minimum Gasteiger partial charge on any atom is -0.396 e. The minimum atomic E-state index is -2.71. The van der Waals surface area contributed by atoms with Crippen LogP contribution in [-0.4, -0.2) is 31.6 Å². The molecule has 94 valence electrons. The predicted molar refractivity (Wildman–Crippen MR) is 65.8 cm³/mol. The quantitative estimate of drug-likeness (QED) is 0.741. The monoisotopic (exact) mass is 238 g/mol. The molecule has 0 unspecified atom stereocenters. The lowest BCUT2D eigenvalue weighted by atomic mass is 10.4. The van der Waals surface area contributed by atoms with Gasteiger partial charge in [0.25, 0.3) is 0 Å². The summed E-state index contributed by atoms with van der Waals surface area (Å²) >= 11 is 0. The summed E-state index contributed by atoms with van der Waals surface area (Å²) in [4.78, 5) is 0. The molecule has 15 heavy (non-hydrogen) atoms. The van der Waals surface area contributed by atoms with Crippen molar-refractivity contribution in [1.29, 1.82) is 0 Å². The Hall–Kier alpha value is -0.0900. The molecule has 0 rings (SSSR count). The van der Waals surface area contributed by atoms with E-state index >= 15 is 0 Å². The standard InChI is InChI=1S/C8H18O2S.C3H8O/c1-3-5-7-11(9,10)8-6-4-2;1-2-3-4/h3-8H2,1-2H3;4H,2-3H2,1H3. The Kier molecular flexibility index (Phi) is 13.8. The summed E-state index contributed by atoms with van der Waals surface area (Å²) in [6, 6.07) is 0. The molecule has 0 radical (unpaired) electrons. The maximum Gasteiger partial charge on any atom is 0.150 e. The summed E-state index contributed by atoms with van der Waals surface area (Å²) < 4.78 is 22.3. The zero-order valence-corrected chi connectivity index (χ0v) is 11.1. The average Bonchev–Trinajstić information content (AvgIpc) is 2.24. The molecule has 0 aromatic rings. The number of unbranched alkanes of at least 4 members (excludes halogenated alkanes) is 2. The molecule has 3 nitrogen and oxygen atoms in total. The number of rotatable bonds is 7. The zero-order valence-electron chi connectivity index (χ0n) is 10.3. The summed E-state index contributed by atoms with van der Waals surface area (Å²) in [6.45, 7) is 6.27. The van der Waals surface area contributed by atoms with Gasteiger partial charge in [-0.2, -0.15) is 0 Å². The van der Waals surface area contributed by atoms with Crippen LogP contribution in [0.5, 0.6) is 0 Å². The lowest BCUT2D eigenvalue weighted by Crippen LogP contribution is -2.10. The van der Waals surface area contributed by atoms with Gasteiger partial charge in [0.2, 0.25) is 0 Å². The Morgan fingerprint density at radius 2 is 1.20 bits per heavy atom. The third kappa shape index (κ3) is 16.6. The number of aliphatic hydroxyl groups excluding tert-OH is 1. The van der Waals surface area contributed by atoms with Crippen molar-refractivity contribution in [2.45, 2.75) is 52.9 Å². The van der Waals surface area contributed by atoms with Gasteiger partial charge in [0.1, 0.15) is 9.84 Å². The van der Waals surface area contributed by atoms with Gasteiger partial charge in [-0.05, 0) is 19.3 Å². The SMILES string of the molecule is CCCCS(=O)(=O)CCCC.CCCO. The Labute approximate surface area is 94.8 Å². The summed E-state index contributed by atoms with van der Waals surface area (Å²) in [7, 11) is -2.71. The van der Waals surface area contributed by atoms with Crippen molar-refractivity contribution in [3.05, 3.63) is 0 Å². The largest absolute Gasteiger partial charge is 0.396 e. The number of sulfone groups is 1. The van der Waals surface area contributed by atoms with Crippen LogP contribution < -0.4 is 0 Å². The Bertz CT molecular complexity index is 182.